The van der Waals surface area contributed by atoms with Gasteiger partial charge in [-0.2, -0.15) is 5.10 Å². The van der Waals surface area contributed by atoms with Crippen LogP contribution in [0.2, 0.25) is 5.02 Å². The first-order valence-corrected chi connectivity index (χ1v) is 10.0. The van der Waals surface area contributed by atoms with Crippen molar-refractivity contribution in [3.63, 3.8) is 0 Å². The molecule has 4 rings (SSSR count). The zero-order valence-electron chi connectivity index (χ0n) is 14.2. The first kappa shape index (κ1) is 18.4. The number of hydrogen-bond acceptors (Lipinski definition) is 7. The van der Waals surface area contributed by atoms with E-state index in [1.54, 1.807) is 29.3 Å². The van der Waals surface area contributed by atoms with Crippen LogP contribution >= 0.6 is 11.6 Å². The molecule has 2 aromatic carbocycles. The predicted octanol–water partition coefficient (Wildman–Crippen LogP) is 2.02. The Morgan fingerprint density at radius 1 is 1.14 bits per heavy atom. The zero-order chi connectivity index (χ0) is 19.9. The van der Waals surface area contributed by atoms with Gasteiger partial charge >= 0.3 is 5.76 Å². The Labute approximate surface area is 164 Å². The third kappa shape index (κ3) is 3.57. The lowest BCUT2D eigenvalue weighted by molar-refractivity contribution is 0.385. The van der Waals surface area contributed by atoms with Crippen molar-refractivity contribution in [1.29, 1.82) is 0 Å². The molecule has 9 nitrogen and oxygen atoms in total. The van der Waals surface area contributed by atoms with Crippen LogP contribution in [0.1, 0.15) is 23.9 Å². The minimum absolute atomic E-state index is 0.00326. The molecule has 2 heterocycles. The summed E-state index contributed by atoms with van der Waals surface area (Å²) in [6.07, 6.45) is 0.445. The Morgan fingerprint density at radius 2 is 1.82 bits per heavy atom. The lowest BCUT2D eigenvalue weighted by atomic mass is 10.0. The molecule has 1 aromatic heterocycles. The molecule has 0 saturated carbocycles. The van der Waals surface area contributed by atoms with Crippen LogP contribution < -0.4 is 15.9 Å². The Bertz CT molecular complexity index is 1200. The fourth-order valence-electron chi connectivity index (χ4n) is 2.98. The minimum atomic E-state index is -3.80. The topological polar surface area (TPSA) is 135 Å². The average Bonchev–Trinajstić information content (AvgIpc) is 3.28. The van der Waals surface area contributed by atoms with Crippen LogP contribution in [0, 0.1) is 0 Å². The first-order valence-electron chi connectivity index (χ1n) is 8.13. The van der Waals surface area contributed by atoms with E-state index in [9.17, 15) is 13.2 Å². The Kier molecular flexibility index (Phi) is 4.53. The number of nitrogens with zero attached hydrogens (tertiary/aromatic N) is 3. The Hall–Kier alpha value is -2.95. The van der Waals surface area contributed by atoms with E-state index in [0.717, 1.165) is 5.56 Å². The summed E-state index contributed by atoms with van der Waals surface area (Å²) in [6.45, 7) is 0. The standard InChI is InChI=1S/C17H14ClN5O4S/c18-11-3-1-10(2-4-11)15-9-14(16-20-17(24)27-22-16)21-23(15)12-5-7-13(8-6-12)28(19,25)26/h1-8,15H,9H2,(H2,19,25,26)(H,20,22,24). The lowest BCUT2D eigenvalue weighted by Gasteiger charge is -2.24. The Morgan fingerprint density at radius 3 is 2.39 bits per heavy atom. The second kappa shape index (κ2) is 6.89. The van der Waals surface area contributed by atoms with E-state index in [0.29, 0.717) is 22.8 Å². The molecule has 0 radical (unpaired) electrons. The number of aromatic nitrogens is 2. The molecular formula is C17H14ClN5O4S. The Balaban J connectivity index is 1.75. The molecule has 3 N–H and O–H groups in total. The SMILES string of the molecule is NS(=O)(=O)c1ccc(N2N=C(c3noc(=O)[nH]3)CC2c2ccc(Cl)cc2)cc1. The molecule has 144 valence electrons. The normalized spacial score (nSPS) is 17.0. The van der Waals surface area contributed by atoms with Crippen molar-refractivity contribution in [3.8, 4) is 0 Å². The van der Waals surface area contributed by atoms with E-state index in [1.807, 2.05) is 12.1 Å². The van der Waals surface area contributed by atoms with E-state index in [2.05, 4.69) is 19.8 Å². The third-order valence-electron chi connectivity index (χ3n) is 4.31. The average molecular weight is 420 g/mol. The summed E-state index contributed by atoms with van der Waals surface area (Å²) < 4.78 is 27.6. The number of hydrogen-bond donors (Lipinski definition) is 2. The number of halogens is 1. The number of sulfonamides is 1. The van der Waals surface area contributed by atoms with Crippen LogP contribution in [0.4, 0.5) is 5.69 Å². The number of aromatic amines is 1. The summed E-state index contributed by atoms with van der Waals surface area (Å²) in [5, 5.41) is 15.7. The van der Waals surface area contributed by atoms with Crippen LogP contribution in [0.5, 0.6) is 0 Å². The van der Waals surface area contributed by atoms with E-state index in [-0.39, 0.29) is 16.8 Å². The lowest BCUT2D eigenvalue weighted by Crippen LogP contribution is -2.19. The van der Waals surface area contributed by atoms with Gasteiger partial charge in [-0.25, -0.2) is 18.4 Å². The smallest absolute Gasteiger partial charge is 0.296 e. The predicted molar refractivity (Wildman–Crippen MR) is 103 cm³/mol. The molecule has 0 amide bonds. The number of nitrogens with two attached hydrogens (primary N) is 1. The van der Waals surface area contributed by atoms with Crippen LogP contribution in [-0.2, 0) is 10.0 Å². The molecule has 0 fully saturated rings. The highest BCUT2D eigenvalue weighted by molar-refractivity contribution is 7.89. The van der Waals surface area contributed by atoms with Crippen molar-refractivity contribution in [1.82, 2.24) is 10.1 Å². The maximum Gasteiger partial charge on any atom is 0.439 e. The monoisotopic (exact) mass is 419 g/mol. The first-order chi connectivity index (χ1) is 13.3. The van der Waals surface area contributed by atoms with E-state index < -0.39 is 15.8 Å². The van der Waals surface area contributed by atoms with Crippen molar-refractivity contribution in [2.45, 2.75) is 17.4 Å². The van der Waals surface area contributed by atoms with Gasteiger partial charge in [0.15, 0.2) is 5.82 Å². The maximum absolute atomic E-state index is 11.5. The molecule has 0 bridgehead atoms. The van der Waals surface area contributed by atoms with Gasteiger partial charge in [0, 0.05) is 11.4 Å². The van der Waals surface area contributed by atoms with Crippen molar-refractivity contribution in [2.75, 3.05) is 5.01 Å². The summed E-state index contributed by atoms with van der Waals surface area (Å²) in [5.41, 5.74) is 2.11. The summed E-state index contributed by atoms with van der Waals surface area (Å²) >= 11 is 5.99. The molecule has 1 unspecified atom stereocenters. The van der Waals surface area contributed by atoms with Crippen LogP contribution in [0.3, 0.4) is 0 Å². The number of primary sulfonamides is 1. The number of nitrogens with one attached hydrogen (secondary N) is 1. The molecule has 0 spiro atoms. The zero-order valence-corrected chi connectivity index (χ0v) is 15.8. The number of rotatable bonds is 4. The molecular weight excluding hydrogens is 406 g/mol. The van der Waals surface area contributed by atoms with Gasteiger partial charge in [-0.05, 0) is 42.0 Å². The van der Waals surface area contributed by atoms with Crippen molar-refractivity contribution >= 4 is 33.0 Å². The van der Waals surface area contributed by atoms with Gasteiger partial charge < -0.3 is 0 Å². The van der Waals surface area contributed by atoms with Crippen LogP contribution in [0.25, 0.3) is 0 Å². The molecule has 1 aliphatic rings. The minimum Gasteiger partial charge on any atom is -0.296 e. The van der Waals surface area contributed by atoms with Gasteiger partial charge in [0.1, 0.15) is 5.71 Å². The summed E-state index contributed by atoms with van der Waals surface area (Å²) in [4.78, 5) is 13.8. The molecule has 1 atom stereocenters. The van der Waals surface area contributed by atoms with Gasteiger partial charge in [0.2, 0.25) is 10.0 Å². The van der Waals surface area contributed by atoms with Gasteiger partial charge in [-0.15, -0.1) is 0 Å². The number of H-pyrrole nitrogens is 1. The van der Waals surface area contributed by atoms with E-state index in [4.69, 9.17) is 16.7 Å². The second-order valence-electron chi connectivity index (χ2n) is 6.15. The second-order valence-corrected chi connectivity index (χ2v) is 8.14. The maximum atomic E-state index is 11.5. The van der Waals surface area contributed by atoms with Crippen LogP contribution in [0.15, 0.2) is 67.8 Å². The largest absolute Gasteiger partial charge is 0.439 e. The van der Waals surface area contributed by atoms with Gasteiger partial charge in [-0.3, -0.25) is 14.5 Å². The van der Waals surface area contributed by atoms with Gasteiger partial charge in [0.05, 0.1) is 16.6 Å². The molecule has 11 heteroatoms. The van der Waals surface area contributed by atoms with Gasteiger partial charge in [-0.1, -0.05) is 28.9 Å². The highest BCUT2D eigenvalue weighted by atomic mass is 35.5. The summed E-state index contributed by atoms with van der Waals surface area (Å²) in [5.74, 6) is -0.427. The molecule has 1 aliphatic heterocycles. The molecule has 28 heavy (non-hydrogen) atoms. The van der Waals surface area contributed by atoms with Crippen molar-refractivity contribution in [3.05, 3.63) is 75.5 Å². The fourth-order valence-corrected chi connectivity index (χ4v) is 3.62. The fraction of sp³-hybridized carbons (Fsp3) is 0.118. The van der Waals surface area contributed by atoms with Crippen molar-refractivity contribution < 1.29 is 12.9 Å². The van der Waals surface area contributed by atoms with E-state index >= 15 is 0 Å². The molecule has 0 saturated heterocycles. The quantitative estimate of drug-likeness (QED) is 0.664. The summed E-state index contributed by atoms with van der Waals surface area (Å²) in [6, 6.07) is 13.1. The molecule has 3 aromatic rings. The molecule has 0 aliphatic carbocycles. The number of benzene rings is 2. The third-order valence-corrected chi connectivity index (χ3v) is 5.49. The highest BCUT2D eigenvalue weighted by Crippen LogP contribution is 2.36. The summed E-state index contributed by atoms with van der Waals surface area (Å²) in [7, 11) is -3.80. The van der Waals surface area contributed by atoms with Crippen LogP contribution in [-0.4, -0.2) is 24.3 Å². The number of hydrazone groups is 1. The highest BCUT2D eigenvalue weighted by Gasteiger charge is 2.31. The van der Waals surface area contributed by atoms with E-state index in [1.165, 1.54) is 12.1 Å². The van der Waals surface area contributed by atoms with Crippen molar-refractivity contribution in [2.24, 2.45) is 10.2 Å². The van der Waals surface area contributed by atoms with Gasteiger partial charge in [0.25, 0.3) is 0 Å². The number of anilines is 1.